The quantitative estimate of drug-likeness (QED) is 0.700. The number of aromatic hydroxyl groups is 1. The Hall–Kier alpha value is -0.670. The molecular weight excluding hydrogens is 170 g/mol. The van der Waals surface area contributed by atoms with Gasteiger partial charge in [0.05, 0.1) is 0 Å². The van der Waals surface area contributed by atoms with E-state index in [0.29, 0.717) is 12.3 Å². The van der Waals surface area contributed by atoms with Crippen molar-refractivity contribution < 1.29 is 5.11 Å². The number of phenolic OH excluding ortho intramolecular Hbond substituents is 1. The average Bonchev–Trinajstić information content (AvgIpc) is 2.09. The van der Waals surface area contributed by atoms with Gasteiger partial charge in [-0.3, -0.25) is 0 Å². The van der Waals surface area contributed by atoms with E-state index in [9.17, 15) is 5.11 Å². The summed E-state index contributed by atoms with van der Waals surface area (Å²) in [6.45, 7) is 0.575. The first-order valence-corrected chi connectivity index (χ1v) is 5.06. The zero-order valence-corrected chi connectivity index (χ0v) is 7.90. The summed E-state index contributed by atoms with van der Waals surface area (Å²) in [6.07, 6.45) is 2.75. The highest BCUT2D eigenvalue weighted by Crippen LogP contribution is 2.23. The van der Waals surface area contributed by atoms with Crippen LogP contribution in [0.1, 0.15) is 5.56 Å². The van der Waals surface area contributed by atoms with Crippen molar-refractivity contribution in [2.45, 2.75) is 11.3 Å². The number of nitrogens with two attached hydrogens (primary N) is 1. The van der Waals surface area contributed by atoms with Gasteiger partial charge < -0.3 is 10.8 Å². The summed E-state index contributed by atoms with van der Waals surface area (Å²) in [6, 6.07) is 5.60. The van der Waals surface area contributed by atoms with Gasteiger partial charge in [-0.1, -0.05) is 0 Å². The van der Waals surface area contributed by atoms with Crippen molar-refractivity contribution in [2.24, 2.45) is 5.73 Å². The van der Waals surface area contributed by atoms with Crippen molar-refractivity contribution in [1.82, 2.24) is 0 Å². The van der Waals surface area contributed by atoms with Gasteiger partial charge in [0.15, 0.2) is 0 Å². The molecule has 66 valence electrons. The maximum absolute atomic E-state index is 9.40. The maximum atomic E-state index is 9.40. The van der Waals surface area contributed by atoms with Gasteiger partial charge >= 0.3 is 0 Å². The SMILES string of the molecule is CSc1ccc(O)c(CCN)c1. The first kappa shape index (κ1) is 9.42. The molecule has 0 radical (unpaired) electrons. The number of thioether (sulfide) groups is 1. The van der Waals surface area contributed by atoms with Crippen LogP contribution in [0.2, 0.25) is 0 Å². The van der Waals surface area contributed by atoms with Crippen LogP contribution in [0.3, 0.4) is 0 Å². The molecule has 3 N–H and O–H groups in total. The molecule has 3 heteroatoms. The fraction of sp³-hybridized carbons (Fsp3) is 0.333. The Bertz CT molecular complexity index is 263. The molecule has 0 bridgehead atoms. The normalized spacial score (nSPS) is 10.2. The van der Waals surface area contributed by atoms with Crippen molar-refractivity contribution in [3.63, 3.8) is 0 Å². The van der Waals surface area contributed by atoms with Crippen LogP contribution >= 0.6 is 11.8 Å². The first-order valence-electron chi connectivity index (χ1n) is 3.84. The Labute approximate surface area is 76.8 Å². The fourth-order valence-corrected chi connectivity index (χ4v) is 1.51. The second kappa shape index (κ2) is 4.38. The highest BCUT2D eigenvalue weighted by Gasteiger charge is 2.00. The predicted molar refractivity (Wildman–Crippen MR) is 52.6 cm³/mol. The van der Waals surface area contributed by atoms with E-state index < -0.39 is 0 Å². The largest absolute Gasteiger partial charge is 0.508 e. The van der Waals surface area contributed by atoms with Crippen LogP contribution in [0.4, 0.5) is 0 Å². The van der Waals surface area contributed by atoms with Gasteiger partial charge in [-0.05, 0) is 43.0 Å². The van der Waals surface area contributed by atoms with Gasteiger partial charge in [0.25, 0.3) is 0 Å². The molecule has 1 aromatic rings. The lowest BCUT2D eigenvalue weighted by Gasteiger charge is -2.04. The first-order chi connectivity index (χ1) is 5.77. The van der Waals surface area contributed by atoms with E-state index in [0.717, 1.165) is 16.9 Å². The summed E-state index contributed by atoms with van der Waals surface area (Å²) in [5, 5.41) is 9.40. The molecule has 0 aliphatic rings. The molecule has 0 aliphatic carbocycles. The van der Waals surface area contributed by atoms with Gasteiger partial charge in [-0.15, -0.1) is 11.8 Å². The zero-order chi connectivity index (χ0) is 8.97. The highest BCUT2D eigenvalue weighted by atomic mass is 32.2. The van der Waals surface area contributed by atoms with E-state index in [1.54, 1.807) is 17.8 Å². The summed E-state index contributed by atoms with van der Waals surface area (Å²) >= 11 is 1.67. The molecule has 1 aromatic carbocycles. The van der Waals surface area contributed by atoms with Crippen LogP contribution in [-0.4, -0.2) is 17.9 Å². The summed E-state index contributed by atoms with van der Waals surface area (Å²) in [5.74, 6) is 0.346. The lowest BCUT2D eigenvalue weighted by atomic mass is 10.1. The van der Waals surface area contributed by atoms with Crippen molar-refractivity contribution in [2.75, 3.05) is 12.8 Å². The molecule has 12 heavy (non-hydrogen) atoms. The number of rotatable bonds is 3. The number of benzene rings is 1. The van der Waals surface area contributed by atoms with E-state index in [2.05, 4.69) is 0 Å². The van der Waals surface area contributed by atoms with E-state index in [1.165, 1.54) is 0 Å². The minimum absolute atomic E-state index is 0.346. The number of hydrogen-bond acceptors (Lipinski definition) is 3. The Balaban J connectivity index is 2.91. The molecule has 0 amide bonds. The summed E-state index contributed by atoms with van der Waals surface area (Å²) in [7, 11) is 0. The van der Waals surface area contributed by atoms with Crippen LogP contribution in [0.15, 0.2) is 23.1 Å². The molecule has 0 saturated heterocycles. The van der Waals surface area contributed by atoms with Gasteiger partial charge in [0.2, 0.25) is 0 Å². The molecule has 0 aromatic heterocycles. The number of hydrogen-bond donors (Lipinski definition) is 2. The Kier molecular flexibility index (Phi) is 3.44. The van der Waals surface area contributed by atoms with E-state index >= 15 is 0 Å². The van der Waals surface area contributed by atoms with Crippen LogP contribution < -0.4 is 5.73 Å². The molecule has 0 spiro atoms. The Morgan fingerprint density at radius 1 is 1.50 bits per heavy atom. The lowest BCUT2D eigenvalue weighted by molar-refractivity contribution is 0.467. The fourth-order valence-electron chi connectivity index (χ4n) is 1.04. The monoisotopic (exact) mass is 183 g/mol. The summed E-state index contributed by atoms with van der Waals surface area (Å²) < 4.78 is 0. The molecule has 1 rings (SSSR count). The third kappa shape index (κ3) is 2.16. The molecule has 0 unspecified atom stereocenters. The average molecular weight is 183 g/mol. The minimum atomic E-state index is 0.346. The third-order valence-corrected chi connectivity index (χ3v) is 2.43. The van der Waals surface area contributed by atoms with E-state index in [1.807, 2.05) is 18.4 Å². The Morgan fingerprint density at radius 2 is 2.25 bits per heavy atom. The minimum Gasteiger partial charge on any atom is -0.508 e. The van der Waals surface area contributed by atoms with Crippen LogP contribution in [0, 0.1) is 0 Å². The molecule has 0 atom stereocenters. The Morgan fingerprint density at radius 3 is 2.83 bits per heavy atom. The van der Waals surface area contributed by atoms with E-state index in [4.69, 9.17) is 5.73 Å². The van der Waals surface area contributed by atoms with Gasteiger partial charge in [-0.25, -0.2) is 0 Å². The molecule has 2 nitrogen and oxygen atoms in total. The van der Waals surface area contributed by atoms with Crippen molar-refractivity contribution in [3.8, 4) is 5.75 Å². The van der Waals surface area contributed by atoms with Crippen LogP contribution in [0.25, 0.3) is 0 Å². The molecule has 0 heterocycles. The zero-order valence-electron chi connectivity index (χ0n) is 7.08. The number of phenols is 1. The van der Waals surface area contributed by atoms with Crippen LogP contribution in [-0.2, 0) is 6.42 Å². The van der Waals surface area contributed by atoms with E-state index in [-0.39, 0.29) is 0 Å². The third-order valence-electron chi connectivity index (χ3n) is 1.70. The van der Waals surface area contributed by atoms with Crippen molar-refractivity contribution >= 4 is 11.8 Å². The predicted octanol–water partition coefficient (Wildman–Crippen LogP) is 1.62. The van der Waals surface area contributed by atoms with Gasteiger partial charge in [-0.2, -0.15) is 0 Å². The smallest absolute Gasteiger partial charge is 0.118 e. The van der Waals surface area contributed by atoms with Crippen molar-refractivity contribution in [1.29, 1.82) is 0 Å². The highest BCUT2D eigenvalue weighted by molar-refractivity contribution is 7.98. The second-order valence-electron chi connectivity index (χ2n) is 2.53. The topological polar surface area (TPSA) is 46.2 Å². The molecule has 0 aliphatic heterocycles. The standard InChI is InChI=1S/C9H13NOS/c1-12-8-2-3-9(11)7(6-8)4-5-10/h2-3,6,11H,4-5,10H2,1H3. The molecule has 0 fully saturated rings. The van der Waals surface area contributed by atoms with Gasteiger partial charge in [0, 0.05) is 4.90 Å². The lowest BCUT2D eigenvalue weighted by Crippen LogP contribution is -2.02. The maximum Gasteiger partial charge on any atom is 0.118 e. The van der Waals surface area contributed by atoms with Crippen LogP contribution in [0.5, 0.6) is 5.75 Å². The van der Waals surface area contributed by atoms with Crippen molar-refractivity contribution in [3.05, 3.63) is 23.8 Å². The summed E-state index contributed by atoms with van der Waals surface area (Å²) in [5.41, 5.74) is 6.34. The van der Waals surface area contributed by atoms with Gasteiger partial charge in [0.1, 0.15) is 5.75 Å². The second-order valence-corrected chi connectivity index (χ2v) is 3.41. The summed E-state index contributed by atoms with van der Waals surface area (Å²) in [4.78, 5) is 1.16. The molecule has 0 saturated carbocycles. The molecular formula is C9H13NOS.